The molecule has 98 valence electrons. The van der Waals surface area contributed by atoms with Crippen molar-refractivity contribution in [2.45, 2.75) is 12.8 Å². The van der Waals surface area contributed by atoms with Crippen molar-refractivity contribution in [3.05, 3.63) is 27.8 Å². The van der Waals surface area contributed by atoms with Crippen LogP contribution < -0.4 is 5.32 Å². The lowest BCUT2D eigenvalue weighted by Gasteiger charge is -2.08. The Bertz CT molecular complexity index is 539. The van der Waals surface area contributed by atoms with Crippen LogP contribution in [0.4, 0.5) is 5.69 Å². The van der Waals surface area contributed by atoms with Gasteiger partial charge in [0.15, 0.2) is 9.84 Å². The number of nitrogens with one attached hydrogen (secondary N) is 1. The van der Waals surface area contributed by atoms with Crippen LogP contribution in [0.3, 0.4) is 0 Å². The molecule has 1 saturated heterocycles. The molecule has 1 heterocycles. The fourth-order valence-electron chi connectivity index (χ4n) is 2.04. The molecule has 1 aromatic carbocycles. The van der Waals surface area contributed by atoms with Crippen LogP contribution in [0.15, 0.2) is 24.3 Å². The molecule has 0 radical (unpaired) electrons. The topological polar surface area (TPSA) is 63.2 Å². The highest BCUT2D eigenvalue weighted by Gasteiger charge is 2.29. The second-order valence-electron chi connectivity index (χ2n) is 4.53. The quantitative estimate of drug-likeness (QED) is 0.818. The second kappa shape index (κ2) is 5.56. The summed E-state index contributed by atoms with van der Waals surface area (Å²) in [4.78, 5) is 11.8. The molecule has 0 bridgehead atoms. The SMILES string of the molecule is O=C(C[C@@H]1CCS(=O)(=O)C1)Nc1ccc(I)cc1. The van der Waals surface area contributed by atoms with E-state index in [4.69, 9.17) is 0 Å². The van der Waals surface area contributed by atoms with E-state index < -0.39 is 9.84 Å². The summed E-state index contributed by atoms with van der Waals surface area (Å²) in [6, 6.07) is 7.50. The second-order valence-corrected chi connectivity index (χ2v) is 8.00. The zero-order valence-electron chi connectivity index (χ0n) is 9.73. The van der Waals surface area contributed by atoms with E-state index in [1.54, 1.807) is 0 Å². The molecule has 1 fully saturated rings. The van der Waals surface area contributed by atoms with E-state index in [0.717, 1.165) is 9.26 Å². The normalized spacial score (nSPS) is 21.7. The minimum Gasteiger partial charge on any atom is -0.326 e. The number of carbonyl (C=O) groups excluding carboxylic acids is 1. The highest BCUT2D eigenvalue weighted by molar-refractivity contribution is 14.1. The molecule has 1 N–H and O–H groups in total. The number of halogens is 1. The Kier molecular flexibility index (Phi) is 4.26. The molecule has 4 nitrogen and oxygen atoms in total. The fourth-order valence-corrected chi connectivity index (χ4v) is 4.26. The van der Waals surface area contributed by atoms with Crippen molar-refractivity contribution < 1.29 is 13.2 Å². The van der Waals surface area contributed by atoms with Crippen LogP contribution in [0, 0.1) is 9.49 Å². The molecular weight excluding hydrogens is 365 g/mol. The summed E-state index contributed by atoms with van der Waals surface area (Å²) in [6.45, 7) is 0. The van der Waals surface area contributed by atoms with E-state index in [1.807, 2.05) is 24.3 Å². The predicted octanol–water partition coefficient (Wildman–Crippen LogP) is 2.05. The van der Waals surface area contributed by atoms with E-state index in [9.17, 15) is 13.2 Å². The maximum Gasteiger partial charge on any atom is 0.224 e. The van der Waals surface area contributed by atoms with Crippen molar-refractivity contribution >= 4 is 44.0 Å². The fraction of sp³-hybridized carbons (Fsp3) is 0.417. The Morgan fingerprint density at radius 3 is 2.56 bits per heavy atom. The third kappa shape index (κ3) is 3.94. The smallest absolute Gasteiger partial charge is 0.224 e. The lowest BCUT2D eigenvalue weighted by atomic mass is 10.1. The molecule has 0 saturated carbocycles. The molecule has 6 heteroatoms. The average molecular weight is 379 g/mol. The lowest BCUT2D eigenvalue weighted by Crippen LogP contribution is -2.17. The van der Waals surface area contributed by atoms with Gasteiger partial charge in [-0.05, 0) is 59.2 Å². The van der Waals surface area contributed by atoms with E-state index in [-0.39, 0.29) is 29.8 Å². The molecule has 1 aliphatic heterocycles. The Morgan fingerprint density at radius 1 is 1.33 bits per heavy atom. The van der Waals surface area contributed by atoms with Crippen molar-refractivity contribution in [3.63, 3.8) is 0 Å². The third-order valence-corrected chi connectivity index (χ3v) is 5.48. The number of sulfone groups is 1. The molecule has 18 heavy (non-hydrogen) atoms. The van der Waals surface area contributed by atoms with Crippen LogP contribution in [-0.2, 0) is 14.6 Å². The van der Waals surface area contributed by atoms with Gasteiger partial charge in [0, 0.05) is 15.7 Å². The Balaban J connectivity index is 1.88. The van der Waals surface area contributed by atoms with Gasteiger partial charge >= 0.3 is 0 Å². The van der Waals surface area contributed by atoms with Gasteiger partial charge in [-0.15, -0.1) is 0 Å². The standard InChI is InChI=1S/C12H14INO3S/c13-10-1-3-11(4-2-10)14-12(15)7-9-5-6-18(16,17)8-9/h1-4,9H,5-8H2,(H,14,15)/t9-/m0/s1. The highest BCUT2D eigenvalue weighted by Crippen LogP contribution is 2.22. The number of amides is 1. The van der Waals surface area contributed by atoms with Crippen molar-refractivity contribution in [2.24, 2.45) is 5.92 Å². The number of carbonyl (C=O) groups is 1. The number of anilines is 1. The molecule has 0 unspecified atom stereocenters. The van der Waals surface area contributed by atoms with E-state index in [0.29, 0.717) is 6.42 Å². The van der Waals surface area contributed by atoms with Crippen LogP contribution >= 0.6 is 22.6 Å². The van der Waals surface area contributed by atoms with Gasteiger partial charge in [0.1, 0.15) is 0 Å². The van der Waals surface area contributed by atoms with Gasteiger partial charge < -0.3 is 5.32 Å². The molecule has 1 amide bonds. The first-order chi connectivity index (χ1) is 8.44. The van der Waals surface area contributed by atoms with Crippen molar-refractivity contribution in [1.29, 1.82) is 0 Å². The van der Waals surface area contributed by atoms with Gasteiger partial charge in [-0.1, -0.05) is 0 Å². The third-order valence-electron chi connectivity index (χ3n) is 2.93. The molecule has 0 aliphatic carbocycles. The van der Waals surface area contributed by atoms with Gasteiger partial charge in [-0.25, -0.2) is 8.42 Å². The zero-order chi connectivity index (χ0) is 13.2. The first-order valence-electron chi connectivity index (χ1n) is 5.70. The largest absolute Gasteiger partial charge is 0.326 e. The van der Waals surface area contributed by atoms with Gasteiger partial charge in [0.05, 0.1) is 11.5 Å². The molecule has 0 spiro atoms. The lowest BCUT2D eigenvalue weighted by molar-refractivity contribution is -0.116. The summed E-state index contributed by atoms with van der Waals surface area (Å²) in [6.07, 6.45) is 0.883. The summed E-state index contributed by atoms with van der Waals surface area (Å²) in [5.74, 6) is 0.221. The minimum absolute atomic E-state index is 0.0288. The number of rotatable bonds is 3. The predicted molar refractivity (Wildman–Crippen MR) is 79.2 cm³/mol. The van der Waals surface area contributed by atoms with Gasteiger partial charge in [0.25, 0.3) is 0 Å². The first kappa shape index (κ1) is 13.8. The van der Waals surface area contributed by atoms with Gasteiger partial charge in [-0.3, -0.25) is 4.79 Å². The van der Waals surface area contributed by atoms with Crippen LogP contribution in [0.1, 0.15) is 12.8 Å². The Morgan fingerprint density at radius 2 is 2.00 bits per heavy atom. The maximum atomic E-state index is 11.8. The highest BCUT2D eigenvalue weighted by atomic mass is 127. The van der Waals surface area contributed by atoms with E-state index in [1.165, 1.54) is 0 Å². The number of hydrogen-bond acceptors (Lipinski definition) is 3. The van der Waals surface area contributed by atoms with Crippen LogP contribution in [0.2, 0.25) is 0 Å². The van der Waals surface area contributed by atoms with Crippen molar-refractivity contribution in [2.75, 3.05) is 16.8 Å². The van der Waals surface area contributed by atoms with Crippen LogP contribution in [0.5, 0.6) is 0 Å². The molecule has 1 atom stereocenters. The van der Waals surface area contributed by atoms with Crippen LogP contribution in [-0.4, -0.2) is 25.8 Å². The molecule has 1 aliphatic rings. The summed E-state index contributed by atoms with van der Waals surface area (Å²) < 4.78 is 23.7. The van der Waals surface area contributed by atoms with Gasteiger partial charge in [0.2, 0.25) is 5.91 Å². The minimum atomic E-state index is -2.90. The van der Waals surface area contributed by atoms with Crippen molar-refractivity contribution in [1.82, 2.24) is 0 Å². The summed E-state index contributed by atoms with van der Waals surface area (Å²) in [5, 5.41) is 2.79. The first-order valence-corrected chi connectivity index (χ1v) is 8.60. The van der Waals surface area contributed by atoms with Crippen molar-refractivity contribution in [3.8, 4) is 0 Å². The van der Waals surface area contributed by atoms with E-state index >= 15 is 0 Å². The Hall–Kier alpha value is -0.630. The summed E-state index contributed by atoms with van der Waals surface area (Å²) in [5.41, 5.74) is 0.751. The molecule has 1 aromatic rings. The van der Waals surface area contributed by atoms with E-state index in [2.05, 4.69) is 27.9 Å². The van der Waals surface area contributed by atoms with Gasteiger partial charge in [-0.2, -0.15) is 0 Å². The average Bonchev–Trinajstić information content (AvgIpc) is 2.61. The zero-order valence-corrected chi connectivity index (χ0v) is 12.7. The maximum absolute atomic E-state index is 11.8. The molecule has 0 aromatic heterocycles. The molecular formula is C12H14INO3S. The molecule has 2 rings (SSSR count). The summed E-state index contributed by atoms with van der Waals surface area (Å²) in [7, 11) is -2.90. The summed E-state index contributed by atoms with van der Waals surface area (Å²) >= 11 is 2.19. The number of benzene rings is 1. The van der Waals surface area contributed by atoms with Crippen LogP contribution in [0.25, 0.3) is 0 Å². The Labute approximate surface area is 120 Å². The monoisotopic (exact) mass is 379 g/mol. The number of hydrogen-bond donors (Lipinski definition) is 1.